The number of carbonyl (C=O) groups excluding carboxylic acids is 1. The summed E-state index contributed by atoms with van der Waals surface area (Å²) in [6.07, 6.45) is 0. The van der Waals surface area contributed by atoms with Crippen LogP contribution in [-0.2, 0) is 14.8 Å². The molecule has 0 aromatic heterocycles. The first-order valence-electron chi connectivity index (χ1n) is 10.4. The van der Waals surface area contributed by atoms with Crippen LogP contribution in [-0.4, -0.2) is 20.9 Å². The van der Waals surface area contributed by atoms with E-state index >= 15 is 0 Å². The second-order valence-electron chi connectivity index (χ2n) is 8.16. The molecular formula is C25H26Cl2N2O3S. The molecule has 0 atom stereocenters. The van der Waals surface area contributed by atoms with E-state index in [1.165, 1.54) is 24.3 Å². The van der Waals surface area contributed by atoms with Gasteiger partial charge in [-0.3, -0.25) is 9.10 Å². The minimum atomic E-state index is -4.10. The van der Waals surface area contributed by atoms with E-state index in [0.29, 0.717) is 10.7 Å². The average molecular weight is 505 g/mol. The van der Waals surface area contributed by atoms with E-state index in [0.717, 1.165) is 21.0 Å². The molecule has 3 aromatic carbocycles. The van der Waals surface area contributed by atoms with Gasteiger partial charge in [-0.2, -0.15) is 0 Å². The summed E-state index contributed by atoms with van der Waals surface area (Å²) in [6.45, 7) is 7.36. The van der Waals surface area contributed by atoms with Crippen LogP contribution in [0.3, 0.4) is 0 Å². The third-order valence-electron chi connectivity index (χ3n) is 5.26. The number of anilines is 2. The molecule has 0 aliphatic heterocycles. The van der Waals surface area contributed by atoms with Gasteiger partial charge < -0.3 is 5.32 Å². The summed E-state index contributed by atoms with van der Waals surface area (Å²) in [4.78, 5) is 13.2. The second-order valence-corrected chi connectivity index (χ2v) is 10.9. The Morgan fingerprint density at radius 2 is 1.67 bits per heavy atom. The van der Waals surface area contributed by atoms with Gasteiger partial charge in [-0.1, -0.05) is 72.9 Å². The van der Waals surface area contributed by atoms with E-state index < -0.39 is 22.5 Å². The molecule has 1 amide bonds. The van der Waals surface area contributed by atoms with Crippen LogP contribution in [0, 0.1) is 13.8 Å². The van der Waals surface area contributed by atoms with Crippen molar-refractivity contribution in [3.8, 4) is 0 Å². The molecule has 0 aliphatic carbocycles. The number of nitrogens with zero attached hydrogens (tertiary/aromatic N) is 1. The zero-order valence-corrected chi connectivity index (χ0v) is 21.2. The smallest absolute Gasteiger partial charge is 0.264 e. The number of aryl methyl sites for hydroxylation is 2. The zero-order chi connectivity index (χ0) is 24.3. The van der Waals surface area contributed by atoms with Crippen LogP contribution in [0.1, 0.15) is 36.5 Å². The Labute approximate surface area is 205 Å². The summed E-state index contributed by atoms with van der Waals surface area (Å²) in [5, 5.41) is 3.38. The SMILES string of the molecule is Cc1ccc(S(=O)(=O)N(CC(=O)Nc2c(C)cccc2C(C)C)c2cc(Cl)ccc2Cl)cc1. The topological polar surface area (TPSA) is 66.5 Å². The highest BCUT2D eigenvalue weighted by Crippen LogP contribution is 2.33. The zero-order valence-electron chi connectivity index (χ0n) is 18.9. The Morgan fingerprint density at radius 1 is 1.00 bits per heavy atom. The summed E-state index contributed by atoms with van der Waals surface area (Å²) in [5.41, 5.74) is 3.59. The normalized spacial score (nSPS) is 11.5. The number of nitrogens with one attached hydrogen (secondary N) is 1. The Kier molecular flexibility index (Phi) is 7.73. The van der Waals surface area contributed by atoms with Crippen LogP contribution in [0.5, 0.6) is 0 Å². The molecule has 0 heterocycles. The van der Waals surface area contributed by atoms with E-state index in [-0.39, 0.29) is 21.5 Å². The van der Waals surface area contributed by atoms with Crippen LogP contribution in [0.15, 0.2) is 65.6 Å². The fourth-order valence-corrected chi connectivity index (χ4v) is 5.33. The van der Waals surface area contributed by atoms with E-state index in [1.807, 2.05) is 45.9 Å². The Bertz CT molecular complexity index is 1270. The van der Waals surface area contributed by atoms with Crippen molar-refractivity contribution in [2.24, 2.45) is 0 Å². The number of halogens is 2. The highest BCUT2D eigenvalue weighted by atomic mass is 35.5. The third kappa shape index (κ3) is 5.69. The van der Waals surface area contributed by atoms with Crippen molar-refractivity contribution in [3.63, 3.8) is 0 Å². The molecule has 174 valence electrons. The maximum absolute atomic E-state index is 13.6. The van der Waals surface area contributed by atoms with Gasteiger partial charge in [-0.05, 0) is 61.2 Å². The molecule has 3 rings (SSSR count). The molecule has 0 unspecified atom stereocenters. The standard InChI is InChI=1S/C25H26Cl2N2O3S/c1-16(2)21-7-5-6-18(4)25(21)28-24(30)15-29(23-14-19(26)10-13-22(23)27)33(31,32)20-11-8-17(3)9-12-20/h5-14,16H,15H2,1-4H3,(H,28,30). The van der Waals surface area contributed by atoms with Crippen molar-refractivity contribution >= 4 is 50.5 Å². The van der Waals surface area contributed by atoms with Crippen LogP contribution < -0.4 is 9.62 Å². The summed E-state index contributed by atoms with van der Waals surface area (Å²) < 4.78 is 28.2. The van der Waals surface area contributed by atoms with Gasteiger partial charge in [0.25, 0.3) is 10.0 Å². The van der Waals surface area contributed by atoms with Gasteiger partial charge in [-0.25, -0.2) is 8.42 Å². The molecule has 0 saturated carbocycles. The Hall–Kier alpha value is -2.54. The predicted molar refractivity (Wildman–Crippen MR) is 136 cm³/mol. The summed E-state index contributed by atoms with van der Waals surface area (Å²) in [5.74, 6) is -0.312. The van der Waals surface area contributed by atoms with Gasteiger partial charge in [-0.15, -0.1) is 0 Å². The molecule has 0 fully saturated rings. The average Bonchev–Trinajstić information content (AvgIpc) is 2.75. The molecule has 1 N–H and O–H groups in total. The molecular weight excluding hydrogens is 479 g/mol. The highest BCUT2D eigenvalue weighted by molar-refractivity contribution is 7.92. The minimum absolute atomic E-state index is 0.0516. The number of rotatable bonds is 7. The molecule has 0 saturated heterocycles. The van der Waals surface area contributed by atoms with Crippen LogP contribution in [0.2, 0.25) is 10.0 Å². The number of carbonyl (C=O) groups is 1. The van der Waals surface area contributed by atoms with Gasteiger partial charge in [0.2, 0.25) is 5.91 Å². The van der Waals surface area contributed by atoms with E-state index in [2.05, 4.69) is 5.32 Å². The first-order chi connectivity index (χ1) is 15.5. The molecule has 0 aliphatic rings. The van der Waals surface area contributed by atoms with Crippen molar-refractivity contribution in [2.75, 3.05) is 16.2 Å². The van der Waals surface area contributed by atoms with Gasteiger partial charge in [0, 0.05) is 10.7 Å². The van der Waals surface area contributed by atoms with Gasteiger partial charge >= 0.3 is 0 Å². The van der Waals surface area contributed by atoms with E-state index in [4.69, 9.17) is 23.2 Å². The fraction of sp³-hybridized carbons (Fsp3) is 0.240. The van der Waals surface area contributed by atoms with Gasteiger partial charge in [0.05, 0.1) is 15.6 Å². The van der Waals surface area contributed by atoms with Crippen molar-refractivity contribution in [3.05, 3.63) is 87.4 Å². The number of benzene rings is 3. The largest absolute Gasteiger partial charge is 0.324 e. The first-order valence-corrected chi connectivity index (χ1v) is 12.6. The minimum Gasteiger partial charge on any atom is -0.324 e. The van der Waals surface area contributed by atoms with Crippen LogP contribution in [0.25, 0.3) is 0 Å². The fourth-order valence-electron chi connectivity index (χ4n) is 3.47. The lowest BCUT2D eigenvalue weighted by molar-refractivity contribution is -0.114. The highest BCUT2D eigenvalue weighted by Gasteiger charge is 2.29. The van der Waals surface area contributed by atoms with E-state index in [9.17, 15) is 13.2 Å². The number of sulfonamides is 1. The lowest BCUT2D eigenvalue weighted by Crippen LogP contribution is -2.38. The maximum atomic E-state index is 13.6. The number of hydrogen-bond acceptors (Lipinski definition) is 3. The van der Waals surface area contributed by atoms with E-state index in [1.54, 1.807) is 18.2 Å². The molecule has 3 aromatic rings. The van der Waals surface area contributed by atoms with Crippen molar-refractivity contribution in [1.82, 2.24) is 0 Å². The van der Waals surface area contributed by atoms with Gasteiger partial charge in [0.1, 0.15) is 6.54 Å². The summed E-state index contributed by atoms with van der Waals surface area (Å²) in [7, 11) is -4.10. The molecule has 5 nitrogen and oxygen atoms in total. The first kappa shape index (κ1) is 25.1. The monoisotopic (exact) mass is 504 g/mol. The van der Waals surface area contributed by atoms with Gasteiger partial charge in [0.15, 0.2) is 0 Å². The lowest BCUT2D eigenvalue weighted by atomic mass is 9.98. The predicted octanol–water partition coefficient (Wildman–Crippen LogP) is 6.57. The maximum Gasteiger partial charge on any atom is 0.264 e. The third-order valence-corrected chi connectivity index (χ3v) is 7.59. The number of amides is 1. The quantitative estimate of drug-likeness (QED) is 0.395. The molecule has 33 heavy (non-hydrogen) atoms. The van der Waals surface area contributed by atoms with Crippen LogP contribution >= 0.6 is 23.2 Å². The second kappa shape index (κ2) is 10.2. The van der Waals surface area contributed by atoms with Crippen molar-refractivity contribution < 1.29 is 13.2 Å². The van der Waals surface area contributed by atoms with Crippen LogP contribution in [0.4, 0.5) is 11.4 Å². The van der Waals surface area contributed by atoms with Crippen molar-refractivity contribution in [2.45, 2.75) is 38.5 Å². The summed E-state index contributed by atoms with van der Waals surface area (Å²) >= 11 is 12.5. The molecule has 8 heteroatoms. The molecule has 0 spiro atoms. The number of hydrogen-bond donors (Lipinski definition) is 1. The lowest BCUT2D eigenvalue weighted by Gasteiger charge is -2.26. The Morgan fingerprint density at radius 3 is 2.30 bits per heavy atom. The summed E-state index contributed by atoms with van der Waals surface area (Å²) in [6, 6.07) is 16.7. The van der Waals surface area contributed by atoms with Crippen molar-refractivity contribution in [1.29, 1.82) is 0 Å². The molecule has 0 radical (unpaired) electrons. The Balaban J connectivity index is 2.04. The number of para-hydroxylation sites is 1. The molecule has 0 bridgehead atoms.